The Morgan fingerprint density at radius 2 is 1.74 bits per heavy atom. The topological polar surface area (TPSA) is 68.8 Å². The minimum Gasteiger partial charge on any atom is -0.493 e. The first-order chi connectivity index (χ1) is 12.9. The molecule has 0 aliphatic carbocycles. The first kappa shape index (κ1) is 20.3. The lowest BCUT2D eigenvalue weighted by Crippen LogP contribution is -2.43. The third-order valence-corrected chi connectivity index (χ3v) is 3.66. The maximum atomic E-state index is 13.5. The average molecular weight is 380 g/mol. The lowest BCUT2D eigenvalue weighted by molar-refractivity contribution is 0.224. The zero-order valence-electron chi connectivity index (χ0n) is 15.3. The average Bonchev–Trinajstić information content (AvgIpc) is 2.65. The fraction of sp³-hybridized carbons (Fsp3) is 0.316. The highest BCUT2D eigenvalue weighted by atomic mass is 19.1. The Morgan fingerprint density at radius 1 is 1.04 bits per heavy atom. The van der Waals surface area contributed by atoms with Crippen LogP contribution in [-0.2, 0) is 6.54 Å². The van der Waals surface area contributed by atoms with Crippen molar-refractivity contribution in [3.63, 3.8) is 0 Å². The summed E-state index contributed by atoms with van der Waals surface area (Å²) >= 11 is 0. The molecule has 1 atom stereocenters. The van der Waals surface area contributed by atoms with Gasteiger partial charge < -0.3 is 24.8 Å². The summed E-state index contributed by atoms with van der Waals surface area (Å²) in [4.78, 5) is 12.0. The van der Waals surface area contributed by atoms with Gasteiger partial charge in [0.05, 0.1) is 20.3 Å². The van der Waals surface area contributed by atoms with Crippen molar-refractivity contribution in [3.8, 4) is 17.2 Å². The van der Waals surface area contributed by atoms with Crippen LogP contribution in [0.2, 0.25) is 0 Å². The molecular formula is C19H22F2N2O4. The number of urea groups is 1. The molecule has 0 spiro atoms. The van der Waals surface area contributed by atoms with Crippen molar-refractivity contribution in [1.82, 2.24) is 10.6 Å². The van der Waals surface area contributed by atoms with E-state index in [4.69, 9.17) is 14.2 Å². The molecule has 0 fully saturated rings. The normalized spacial score (nSPS) is 11.4. The van der Waals surface area contributed by atoms with E-state index in [1.54, 1.807) is 26.2 Å². The van der Waals surface area contributed by atoms with Crippen LogP contribution in [0.15, 0.2) is 36.4 Å². The van der Waals surface area contributed by atoms with E-state index in [0.29, 0.717) is 11.5 Å². The number of nitrogens with one attached hydrogen (secondary N) is 2. The standard InChI is InChI=1S/C19H22F2N2O4/c1-12(11-27-16-7-5-14(20)9-15(16)21)23-19(24)22-10-13-4-6-17(25-2)18(8-13)26-3/h4-9,12H,10-11H2,1-3H3,(H2,22,23,24). The van der Waals surface area contributed by atoms with Crippen molar-refractivity contribution >= 4 is 6.03 Å². The third kappa shape index (κ3) is 6.02. The van der Waals surface area contributed by atoms with Gasteiger partial charge in [-0.3, -0.25) is 0 Å². The van der Waals surface area contributed by atoms with Crippen molar-refractivity contribution in [2.45, 2.75) is 19.5 Å². The number of carbonyl (C=O) groups is 1. The molecule has 2 rings (SSSR count). The number of benzene rings is 2. The molecule has 2 aromatic rings. The van der Waals surface area contributed by atoms with Gasteiger partial charge >= 0.3 is 6.03 Å². The SMILES string of the molecule is COc1ccc(CNC(=O)NC(C)COc2ccc(F)cc2F)cc1OC. The maximum absolute atomic E-state index is 13.5. The van der Waals surface area contributed by atoms with Crippen LogP contribution in [0.4, 0.5) is 13.6 Å². The van der Waals surface area contributed by atoms with Crippen LogP contribution >= 0.6 is 0 Å². The van der Waals surface area contributed by atoms with E-state index in [9.17, 15) is 13.6 Å². The van der Waals surface area contributed by atoms with Gasteiger partial charge in [0, 0.05) is 12.6 Å². The molecule has 8 heteroatoms. The van der Waals surface area contributed by atoms with Crippen molar-refractivity contribution in [2.24, 2.45) is 0 Å². The molecule has 2 amide bonds. The second-order valence-corrected chi connectivity index (χ2v) is 5.80. The molecule has 27 heavy (non-hydrogen) atoms. The first-order valence-corrected chi connectivity index (χ1v) is 8.26. The van der Waals surface area contributed by atoms with Gasteiger partial charge in [-0.2, -0.15) is 0 Å². The lowest BCUT2D eigenvalue weighted by atomic mass is 10.2. The van der Waals surface area contributed by atoms with E-state index in [2.05, 4.69) is 10.6 Å². The molecule has 2 aromatic carbocycles. The molecule has 146 valence electrons. The van der Waals surface area contributed by atoms with Crippen molar-refractivity contribution in [3.05, 3.63) is 53.6 Å². The van der Waals surface area contributed by atoms with E-state index in [-0.39, 0.29) is 24.9 Å². The van der Waals surface area contributed by atoms with Gasteiger partial charge in [-0.25, -0.2) is 13.6 Å². The molecule has 0 aromatic heterocycles. The summed E-state index contributed by atoms with van der Waals surface area (Å²) in [5.41, 5.74) is 0.833. The first-order valence-electron chi connectivity index (χ1n) is 8.26. The molecule has 0 aliphatic rings. The summed E-state index contributed by atoms with van der Waals surface area (Å²) in [6, 6.07) is 7.58. The minimum atomic E-state index is -0.792. The van der Waals surface area contributed by atoms with E-state index < -0.39 is 17.7 Å². The quantitative estimate of drug-likeness (QED) is 0.738. The van der Waals surface area contributed by atoms with Gasteiger partial charge in [0.25, 0.3) is 0 Å². The number of halogens is 2. The Hall–Kier alpha value is -3.03. The van der Waals surface area contributed by atoms with Crippen LogP contribution in [0, 0.1) is 11.6 Å². The fourth-order valence-electron chi connectivity index (χ4n) is 2.30. The number of amides is 2. The molecule has 1 unspecified atom stereocenters. The van der Waals surface area contributed by atoms with Gasteiger partial charge in [-0.15, -0.1) is 0 Å². The van der Waals surface area contributed by atoms with Crippen LogP contribution in [0.5, 0.6) is 17.2 Å². The molecular weight excluding hydrogens is 358 g/mol. The Bertz CT molecular complexity index is 786. The second-order valence-electron chi connectivity index (χ2n) is 5.80. The Kier molecular flexibility index (Phi) is 7.22. The monoisotopic (exact) mass is 380 g/mol. The second kappa shape index (κ2) is 9.61. The summed E-state index contributed by atoms with van der Waals surface area (Å²) in [6.45, 7) is 2.02. The third-order valence-electron chi connectivity index (χ3n) is 3.66. The van der Waals surface area contributed by atoms with Gasteiger partial charge in [0.2, 0.25) is 0 Å². The minimum absolute atomic E-state index is 0.0341. The lowest BCUT2D eigenvalue weighted by Gasteiger charge is -2.16. The van der Waals surface area contributed by atoms with Gasteiger partial charge in [-0.05, 0) is 36.8 Å². The van der Waals surface area contributed by atoms with Gasteiger partial charge in [-0.1, -0.05) is 6.07 Å². The van der Waals surface area contributed by atoms with Crippen molar-refractivity contribution in [1.29, 1.82) is 0 Å². The van der Waals surface area contributed by atoms with E-state index in [0.717, 1.165) is 17.7 Å². The van der Waals surface area contributed by atoms with E-state index >= 15 is 0 Å². The molecule has 6 nitrogen and oxygen atoms in total. The largest absolute Gasteiger partial charge is 0.493 e. The van der Waals surface area contributed by atoms with E-state index in [1.807, 2.05) is 6.07 Å². The van der Waals surface area contributed by atoms with Crippen LogP contribution < -0.4 is 24.8 Å². The highest BCUT2D eigenvalue weighted by Crippen LogP contribution is 2.27. The van der Waals surface area contributed by atoms with Gasteiger partial charge in [0.15, 0.2) is 23.1 Å². The number of hydrogen-bond acceptors (Lipinski definition) is 4. The Balaban J connectivity index is 1.79. The zero-order valence-corrected chi connectivity index (χ0v) is 15.3. The maximum Gasteiger partial charge on any atom is 0.315 e. The highest BCUT2D eigenvalue weighted by Gasteiger charge is 2.11. The molecule has 0 radical (unpaired) electrons. The molecule has 0 saturated carbocycles. The van der Waals surface area contributed by atoms with Gasteiger partial charge in [0.1, 0.15) is 12.4 Å². The fourth-order valence-corrected chi connectivity index (χ4v) is 2.30. The number of carbonyl (C=O) groups excluding carboxylic acids is 1. The molecule has 2 N–H and O–H groups in total. The molecule has 0 saturated heterocycles. The van der Waals surface area contributed by atoms with Crippen LogP contribution in [0.3, 0.4) is 0 Å². The van der Waals surface area contributed by atoms with E-state index in [1.165, 1.54) is 13.2 Å². The predicted molar refractivity (Wildman–Crippen MR) is 96.2 cm³/mol. The number of methoxy groups -OCH3 is 2. The highest BCUT2D eigenvalue weighted by molar-refractivity contribution is 5.74. The predicted octanol–water partition coefficient (Wildman–Crippen LogP) is 3.25. The summed E-state index contributed by atoms with van der Waals surface area (Å²) in [7, 11) is 3.08. The van der Waals surface area contributed by atoms with Crippen LogP contribution in [-0.4, -0.2) is 32.9 Å². The molecule has 0 aliphatic heterocycles. The van der Waals surface area contributed by atoms with Crippen molar-refractivity contribution < 1.29 is 27.8 Å². The Labute approximate surface area is 156 Å². The number of ether oxygens (including phenoxy) is 3. The number of hydrogen-bond donors (Lipinski definition) is 2. The summed E-state index contributed by atoms with van der Waals surface area (Å²) in [5.74, 6) is -0.374. The van der Waals surface area contributed by atoms with Crippen LogP contribution in [0.25, 0.3) is 0 Å². The summed E-state index contributed by atoms with van der Waals surface area (Å²) in [6.07, 6.45) is 0. The molecule has 0 heterocycles. The number of rotatable bonds is 8. The summed E-state index contributed by atoms with van der Waals surface area (Å²) < 4.78 is 42.0. The van der Waals surface area contributed by atoms with Crippen LogP contribution in [0.1, 0.15) is 12.5 Å². The Morgan fingerprint density at radius 3 is 2.41 bits per heavy atom. The zero-order chi connectivity index (χ0) is 19.8. The van der Waals surface area contributed by atoms with Crippen molar-refractivity contribution in [2.75, 3.05) is 20.8 Å². The summed E-state index contributed by atoms with van der Waals surface area (Å²) in [5, 5.41) is 5.38. The molecule has 0 bridgehead atoms. The smallest absolute Gasteiger partial charge is 0.315 e.